The lowest BCUT2D eigenvalue weighted by Gasteiger charge is -2.35. The molecule has 1 saturated heterocycles. The molecule has 1 aliphatic heterocycles. The van der Waals surface area contributed by atoms with E-state index in [4.69, 9.17) is 11.6 Å². The monoisotopic (exact) mass is 398 g/mol. The van der Waals surface area contributed by atoms with Gasteiger partial charge in [0, 0.05) is 43.1 Å². The molecule has 1 fully saturated rings. The standard InChI is InChI=1S/C18H18ClF3N4O/c1-12-10-14(19)3-4-15(12)24-17(27)26-8-6-25(7-9-26)16-5-2-13(11-23-16)18(20,21)22/h2-5,10-11H,6-9H2,1H3,(H,24,27). The van der Waals surface area contributed by atoms with Crippen LogP contribution in [0.5, 0.6) is 0 Å². The lowest BCUT2D eigenvalue weighted by atomic mass is 10.2. The van der Waals surface area contributed by atoms with Crippen LogP contribution in [-0.4, -0.2) is 42.1 Å². The van der Waals surface area contributed by atoms with Crippen molar-refractivity contribution in [3.05, 3.63) is 52.7 Å². The number of halogens is 4. The van der Waals surface area contributed by atoms with Gasteiger partial charge in [-0.1, -0.05) is 11.6 Å². The highest BCUT2D eigenvalue weighted by atomic mass is 35.5. The molecule has 0 saturated carbocycles. The van der Waals surface area contributed by atoms with Gasteiger partial charge in [0.1, 0.15) is 5.82 Å². The van der Waals surface area contributed by atoms with Gasteiger partial charge in [-0.25, -0.2) is 9.78 Å². The van der Waals surface area contributed by atoms with Crippen molar-refractivity contribution in [2.75, 3.05) is 36.4 Å². The summed E-state index contributed by atoms with van der Waals surface area (Å²) in [6, 6.07) is 7.38. The van der Waals surface area contributed by atoms with Crippen LogP contribution in [0.15, 0.2) is 36.5 Å². The summed E-state index contributed by atoms with van der Waals surface area (Å²) in [5.41, 5.74) is 0.780. The number of carbonyl (C=O) groups is 1. The zero-order valence-corrected chi connectivity index (χ0v) is 15.3. The Labute approximate surface area is 159 Å². The second kappa shape index (κ2) is 7.64. The van der Waals surface area contributed by atoms with Crippen molar-refractivity contribution in [2.24, 2.45) is 0 Å². The smallest absolute Gasteiger partial charge is 0.353 e. The van der Waals surface area contributed by atoms with E-state index >= 15 is 0 Å². The van der Waals surface area contributed by atoms with Crippen molar-refractivity contribution in [2.45, 2.75) is 13.1 Å². The lowest BCUT2D eigenvalue weighted by Crippen LogP contribution is -2.50. The first kappa shape index (κ1) is 19.3. The zero-order valence-electron chi connectivity index (χ0n) is 14.6. The summed E-state index contributed by atoms with van der Waals surface area (Å²) in [6.45, 7) is 3.73. The number of alkyl halides is 3. The second-order valence-corrected chi connectivity index (χ2v) is 6.70. The van der Waals surface area contributed by atoms with Crippen LogP contribution in [0.1, 0.15) is 11.1 Å². The molecule has 1 aromatic carbocycles. The molecule has 144 valence electrons. The molecule has 5 nitrogen and oxygen atoms in total. The maximum atomic E-state index is 12.6. The highest BCUT2D eigenvalue weighted by Gasteiger charge is 2.31. The Kier molecular flexibility index (Phi) is 5.46. The van der Waals surface area contributed by atoms with Crippen molar-refractivity contribution in [3.63, 3.8) is 0 Å². The Morgan fingerprint density at radius 1 is 1.15 bits per heavy atom. The molecule has 1 aromatic heterocycles. The number of nitrogens with zero attached hydrogens (tertiary/aromatic N) is 3. The van der Waals surface area contributed by atoms with Gasteiger partial charge in [0.05, 0.1) is 5.56 Å². The van der Waals surface area contributed by atoms with E-state index in [1.165, 1.54) is 6.07 Å². The molecule has 3 rings (SSSR count). The third kappa shape index (κ3) is 4.63. The minimum atomic E-state index is -4.40. The molecular weight excluding hydrogens is 381 g/mol. The van der Waals surface area contributed by atoms with Crippen LogP contribution < -0.4 is 10.2 Å². The first-order valence-electron chi connectivity index (χ1n) is 8.34. The minimum absolute atomic E-state index is 0.222. The fourth-order valence-electron chi connectivity index (χ4n) is 2.84. The molecule has 0 aliphatic carbocycles. The summed E-state index contributed by atoms with van der Waals surface area (Å²) < 4.78 is 37.9. The largest absolute Gasteiger partial charge is 0.417 e. The summed E-state index contributed by atoms with van der Waals surface area (Å²) in [6.07, 6.45) is -3.57. The predicted octanol–water partition coefficient (Wildman–Crippen LogP) is 4.42. The number of aromatic nitrogens is 1. The highest BCUT2D eigenvalue weighted by Crippen LogP contribution is 2.29. The minimum Gasteiger partial charge on any atom is -0.353 e. The molecule has 9 heteroatoms. The summed E-state index contributed by atoms with van der Waals surface area (Å²) in [4.78, 5) is 19.8. The molecular formula is C18H18ClF3N4O. The van der Waals surface area contributed by atoms with Crippen LogP contribution in [0, 0.1) is 6.92 Å². The quantitative estimate of drug-likeness (QED) is 0.814. The van der Waals surface area contributed by atoms with E-state index in [0.29, 0.717) is 42.7 Å². The number of nitrogens with one attached hydrogen (secondary N) is 1. The predicted molar refractivity (Wildman–Crippen MR) is 98.2 cm³/mol. The Morgan fingerprint density at radius 3 is 2.41 bits per heavy atom. The molecule has 0 bridgehead atoms. The fourth-order valence-corrected chi connectivity index (χ4v) is 3.07. The normalized spacial score (nSPS) is 15.0. The van der Waals surface area contributed by atoms with Crippen LogP contribution in [0.25, 0.3) is 0 Å². The zero-order chi connectivity index (χ0) is 19.6. The van der Waals surface area contributed by atoms with Crippen molar-refractivity contribution >= 4 is 29.1 Å². The molecule has 2 amide bonds. The summed E-state index contributed by atoms with van der Waals surface area (Å²) in [5.74, 6) is 0.469. The molecule has 0 unspecified atom stereocenters. The number of carbonyl (C=O) groups excluding carboxylic acids is 1. The average molecular weight is 399 g/mol. The molecule has 0 atom stereocenters. The van der Waals surface area contributed by atoms with Crippen molar-refractivity contribution in [1.82, 2.24) is 9.88 Å². The molecule has 0 radical (unpaired) electrons. The molecule has 27 heavy (non-hydrogen) atoms. The number of hydrogen-bond donors (Lipinski definition) is 1. The Balaban J connectivity index is 1.57. The fraction of sp³-hybridized carbons (Fsp3) is 0.333. The molecule has 2 heterocycles. The highest BCUT2D eigenvalue weighted by molar-refractivity contribution is 6.30. The number of aryl methyl sites for hydroxylation is 1. The molecule has 1 N–H and O–H groups in total. The van der Waals surface area contributed by atoms with E-state index < -0.39 is 11.7 Å². The number of pyridine rings is 1. The maximum absolute atomic E-state index is 12.6. The number of anilines is 2. The average Bonchev–Trinajstić information content (AvgIpc) is 2.63. The molecule has 1 aliphatic rings. The van der Waals surface area contributed by atoms with Gasteiger partial charge in [0.2, 0.25) is 0 Å². The van der Waals surface area contributed by atoms with Gasteiger partial charge in [-0.05, 0) is 42.8 Å². The van der Waals surface area contributed by atoms with Gasteiger partial charge in [-0.2, -0.15) is 13.2 Å². The van der Waals surface area contributed by atoms with Crippen LogP contribution >= 0.6 is 11.6 Å². The Morgan fingerprint density at radius 2 is 1.85 bits per heavy atom. The van der Waals surface area contributed by atoms with Gasteiger partial charge in [0.25, 0.3) is 0 Å². The first-order valence-corrected chi connectivity index (χ1v) is 8.72. The van der Waals surface area contributed by atoms with E-state index in [-0.39, 0.29) is 6.03 Å². The van der Waals surface area contributed by atoms with E-state index in [1.54, 1.807) is 23.1 Å². The number of piperazine rings is 1. The van der Waals surface area contributed by atoms with Gasteiger partial charge in [0.15, 0.2) is 0 Å². The third-order valence-electron chi connectivity index (χ3n) is 4.40. The maximum Gasteiger partial charge on any atom is 0.417 e. The lowest BCUT2D eigenvalue weighted by molar-refractivity contribution is -0.137. The second-order valence-electron chi connectivity index (χ2n) is 6.27. The van der Waals surface area contributed by atoms with Crippen molar-refractivity contribution in [3.8, 4) is 0 Å². The van der Waals surface area contributed by atoms with Gasteiger partial charge in [-0.3, -0.25) is 0 Å². The van der Waals surface area contributed by atoms with Crippen LogP contribution in [0.2, 0.25) is 5.02 Å². The van der Waals surface area contributed by atoms with E-state index in [0.717, 1.165) is 17.8 Å². The first-order chi connectivity index (χ1) is 12.7. The summed E-state index contributed by atoms with van der Waals surface area (Å²) in [7, 11) is 0. The van der Waals surface area contributed by atoms with Crippen LogP contribution in [0.3, 0.4) is 0 Å². The topological polar surface area (TPSA) is 48.5 Å². The van der Waals surface area contributed by atoms with E-state index in [1.807, 2.05) is 11.8 Å². The molecule has 0 spiro atoms. The molecule has 2 aromatic rings. The van der Waals surface area contributed by atoms with Crippen molar-refractivity contribution < 1.29 is 18.0 Å². The number of amides is 2. The van der Waals surface area contributed by atoms with Crippen LogP contribution in [0.4, 0.5) is 29.5 Å². The van der Waals surface area contributed by atoms with Gasteiger partial charge < -0.3 is 15.1 Å². The summed E-state index contributed by atoms with van der Waals surface area (Å²) >= 11 is 5.91. The van der Waals surface area contributed by atoms with E-state index in [2.05, 4.69) is 10.3 Å². The number of benzene rings is 1. The number of hydrogen-bond acceptors (Lipinski definition) is 3. The van der Waals surface area contributed by atoms with Crippen molar-refractivity contribution in [1.29, 1.82) is 0 Å². The summed E-state index contributed by atoms with van der Waals surface area (Å²) in [5, 5.41) is 3.46. The SMILES string of the molecule is Cc1cc(Cl)ccc1NC(=O)N1CCN(c2ccc(C(F)(F)F)cn2)CC1. The Hall–Kier alpha value is -2.48. The van der Waals surface area contributed by atoms with E-state index in [9.17, 15) is 18.0 Å². The van der Waals surface area contributed by atoms with Gasteiger partial charge in [-0.15, -0.1) is 0 Å². The number of urea groups is 1. The third-order valence-corrected chi connectivity index (χ3v) is 4.63. The van der Waals surface area contributed by atoms with Gasteiger partial charge >= 0.3 is 12.2 Å². The number of rotatable bonds is 2. The Bertz CT molecular complexity index is 818. The van der Waals surface area contributed by atoms with Crippen LogP contribution in [-0.2, 0) is 6.18 Å².